The number of halogens is 1. The molecule has 0 saturated carbocycles. The van der Waals surface area contributed by atoms with E-state index in [-0.39, 0.29) is 12.7 Å². The van der Waals surface area contributed by atoms with Gasteiger partial charge >= 0.3 is 0 Å². The van der Waals surface area contributed by atoms with Crippen LogP contribution in [0.1, 0.15) is 5.56 Å². The van der Waals surface area contributed by atoms with Gasteiger partial charge in [0.25, 0.3) is 0 Å². The molecule has 1 N–H and O–H groups in total. The second kappa shape index (κ2) is 6.73. The first-order valence-electron chi connectivity index (χ1n) is 5.74. The first kappa shape index (κ1) is 14.1. The van der Waals surface area contributed by atoms with Gasteiger partial charge in [0.2, 0.25) is 12.7 Å². The lowest BCUT2D eigenvalue weighted by molar-refractivity contribution is -0.118. The molecule has 0 fully saturated rings. The van der Waals surface area contributed by atoms with Crippen molar-refractivity contribution < 1.29 is 14.3 Å². The Labute approximate surface area is 121 Å². The molecule has 0 spiro atoms. The van der Waals surface area contributed by atoms with Crippen molar-refractivity contribution in [3.05, 3.63) is 35.4 Å². The average molecular weight is 300 g/mol. The average Bonchev–Trinajstić information content (AvgIpc) is 2.85. The fourth-order valence-corrected chi connectivity index (χ4v) is 2.68. The molecule has 0 saturated heterocycles. The van der Waals surface area contributed by atoms with Crippen LogP contribution in [-0.2, 0) is 10.5 Å². The maximum absolute atomic E-state index is 11.4. The molecule has 0 aromatic heterocycles. The fraction of sp³-hybridized carbons (Fsp3) is 0.308. The van der Waals surface area contributed by atoms with Crippen LogP contribution in [0.15, 0.2) is 24.8 Å². The second-order valence-electron chi connectivity index (χ2n) is 3.90. The Bertz CT molecular complexity index is 493. The molecular weight excluding hydrogens is 286 g/mol. The standard InChI is InChI=1S/C13H14ClNO3S/c1-2-3-15-12(16)7-19-6-9-4-10(14)13-11(5-9)17-8-18-13/h2,4-5H,1,3,6-8H2,(H,15,16). The zero-order valence-corrected chi connectivity index (χ0v) is 11.9. The number of carbonyl (C=O) groups excluding carboxylic acids is 1. The number of thioether (sulfide) groups is 1. The number of amides is 1. The van der Waals surface area contributed by atoms with E-state index in [2.05, 4.69) is 11.9 Å². The number of ether oxygens (including phenoxy) is 2. The lowest BCUT2D eigenvalue weighted by Crippen LogP contribution is -2.24. The summed E-state index contributed by atoms with van der Waals surface area (Å²) in [6.45, 7) is 4.24. The number of nitrogens with one attached hydrogen (secondary N) is 1. The minimum absolute atomic E-state index is 0.00302. The molecule has 1 aliphatic rings. The van der Waals surface area contributed by atoms with Gasteiger partial charge in [-0.2, -0.15) is 0 Å². The molecule has 0 bridgehead atoms. The van der Waals surface area contributed by atoms with Crippen LogP contribution in [0.5, 0.6) is 11.5 Å². The molecule has 0 atom stereocenters. The van der Waals surface area contributed by atoms with Crippen molar-refractivity contribution in [2.45, 2.75) is 5.75 Å². The van der Waals surface area contributed by atoms with Crippen molar-refractivity contribution in [3.8, 4) is 11.5 Å². The van der Waals surface area contributed by atoms with E-state index in [1.54, 1.807) is 6.08 Å². The largest absolute Gasteiger partial charge is 0.454 e. The van der Waals surface area contributed by atoms with Crippen LogP contribution in [-0.4, -0.2) is 25.0 Å². The monoisotopic (exact) mass is 299 g/mol. The highest BCUT2D eigenvalue weighted by Crippen LogP contribution is 2.40. The van der Waals surface area contributed by atoms with E-state index in [9.17, 15) is 4.79 Å². The van der Waals surface area contributed by atoms with E-state index < -0.39 is 0 Å². The third-order valence-electron chi connectivity index (χ3n) is 2.43. The number of rotatable bonds is 6. The summed E-state index contributed by atoms with van der Waals surface area (Å²) in [6, 6.07) is 3.73. The lowest BCUT2D eigenvalue weighted by Gasteiger charge is -2.05. The van der Waals surface area contributed by atoms with Crippen molar-refractivity contribution >= 4 is 29.3 Å². The highest BCUT2D eigenvalue weighted by molar-refractivity contribution is 7.99. The molecule has 2 rings (SSSR count). The zero-order chi connectivity index (χ0) is 13.7. The lowest BCUT2D eigenvalue weighted by atomic mass is 10.2. The smallest absolute Gasteiger partial charge is 0.231 e. The Morgan fingerprint density at radius 2 is 2.37 bits per heavy atom. The summed E-state index contributed by atoms with van der Waals surface area (Å²) in [4.78, 5) is 11.4. The fourth-order valence-electron chi connectivity index (χ4n) is 1.60. The van der Waals surface area contributed by atoms with Crippen LogP contribution in [0.3, 0.4) is 0 Å². The van der Waals surface area contributed by atoms with Gasteiger partial charge in [0, 0.05) is 12.3 Å². The first-order valence-corrected chi connectivity index (χ1v) is 7.27. The Kier molecular flexibility index (Phi) is 4.99. The van der Waals surface area contributed by atoms with Crippen LogP contribution >= 0.6 is 23.4 Å². The Morgan fingerprint density at radius 1 is 1.53 bits per heavy atom. The van der Waals surface area contributed by atoms with E-state index in [0.29, 0.717) is 34.6 Å². The summed E-state index contributed by atoms with van der Waals surface area (Å²) in [7, 11) is 0. The SMILES string of the molecule is C=CCNC(=O)CSCc1cc(Cl)c2c(c1)OCO2. The van der Waals surface area contributed by atoms with Crippen molar-refractivity contribution in [2.75, 3.05) is 19.1 Å². The molecule has 102 valence electrons. The summed E-state index contributed by atoms with van der Waals surface area (Å²) < 4.78 is 10.5. The summed E-state index contributed by atoms with van der Waals surface area (Å²) >= 11 is 7.60. The summed E-state index contributed by atoms with van der Waals surface area (Å²) in [5.41, 5.74) is 1.01. The quantitative estimate of drug-likeness (QED) is 0.820. The normalized spacial score (nSPS) is 12.3. The van der Waals surface area contributed by atoms with Crippen LogP contribution in [0, 0.1) is 0 Å². The third kappa shape index (κ3) is 3.81. The maximum Gasteiger partial charge on any atom is 0.231 e. The predicted octanol–water partition coefficient (Wildman–Crippen LogP) is 2.60. The molecule has 1 amide bonds. The zero-order valence-electron chi connectivity index (χ0n) is 10.3. The minimum Gasteiger partial charge on any atom is -0.454 e. The highest BCUT2D eigenvalue weighted by atomic mass is 35.5. The molecular formula is C13H14ClNO3S. The molecule has 1 aromatic carbocycles. The van der Waals surface area contributed by atoms with Gasteiger partial charge in [-0.15, -0.1) is 18.3 Å². The number of hydrogen-bond acceptors (Lipinski definition) is 4. The van der Waals surface area contributed by atoms with E-state index >= 15 is 0 Å². The Morgan fingerprint density at radius 3 is 3.16 bits per heavy atom. The van der Waals surface area contributed by atoms with Crippen molar-refractivity contribution in [1.29, 1.82) is 0 Å². The van der Waals surface area contributed by atoms with E-state index in [1.807, 2.05) is 12.1 Å². The van der Waals surface area contributed by atoms with Crippen molar-refractivity contribution in [2.24, 2.45) is 0 Å². The molecule has 1 aliphatic heterocycles. The van der Waals surface area contributed by atoms with Gasteiger partial charge in [0.15, 0.2) is 11.5 Å². The van der Waals surface area contributed by atoms with Crippen LogP contribution in [0.25, 0.3) is 0 Å². The van der Waals surface area contributed by atoms with Crippen LogP contribution < -0.4 is 14.8 Å². The summed E-state index contributed by atoms with van der Waals surface area (Å²) in [5.74, 6) is 2.35. The van der Waals surface area contributed by atoms with Crippen LogP contribution in [0.2, 0.25) is 5.02 Å². The van der Waals surface area contributed by atoms with Gasteiger partial charge < -0.3 is 14.8 Å². The minimum atomic E-state index is -0.00302. The number of fused-ring (bicyclic) bond motifs is 1. The van der Waals surface area contributed by atoms with Crippen molar-refractivity contribution in [3.63, 3.8) is 0 Å². The molecule has 0 unspecified atom stereocenters. The van der Waals surface area contributed by atoms with E-state index in [4.69, 9.17) is 21.1 Å². The van der Waals surface area contributed by atoms with Crippen molar-refractivity contribution in [1.82, 2.24) is 5.32 Å². The number of benzene rings is 1. The topological polar surface area (TPSA) is 47.6 Å². The summed E-state index contributed by atoms with van der Waals surface area (Å²) in [5, 5.41) is 3.27. The van der Waals surface area contributed by atoms with Gasteiger partial charge in [-0.1, -0.05) is 17.7 Å². The molecule has 4 nitrogen and oxygen atoms in total. The van der Waals surface area contributed by atoms with Gasteiger partial charge in [-0.05, 0) is 17.7 Å². The van der Waals surface area contributed by atoms with Gasteiger partial charge in [-0.25, -0.2) is 0 Å². The molecule has 6 heteroatoms. The molecule has 0 aliphatic carbocycles. The Hall–Kier alpha value is -1.33. The van der Waals surface area contributed by atoms with E-state index in [0.717, 1.165) is 5.56 Å². The van der Waals surface area contributed by atoms with Gasteiger partial charge in [-0.3, -0.25) is 4.79 Å². The van der Waals surface area contributed by atoms with Gasteiger partial charge in [0.1, 0.15) is 0 Å². The molecule has 1 heterocycles. The predicted molar refractivity (Wildman–Crippen MR) is 76.9 cm³/mol. The Balaban J connectivity index is 1.85. The molecule has 19 heavy (non-hydrogen) atoms. The highest BCUT2D eigenvalue weighted by Gasteiger charge is 2.18. The second-order valence-corrected chi connectivity index (χ2v) is 5.29. The molecule has 1 aromatic rings. The third-order valence-corrected chi connectivity index (χ3v) is 3.72. The first-order chi connectivity index (χ1) is 9.20. The number of carbonyl (C=O) groups is 1. The van der Waals surface area contributed by atoms with E-state index in [1.165, 1.54) is 11.8 Å². The molecule has 0 radical (unpaired) electrons. The maximum atomic E-state index is 11.4. The summed E-state index contributed by atoms with van der Waals surface area (Å²) in [6.07, 6.45) is 1.65. The van der Waals surface area contributed by atoms with Crippen LogP contribution in [0.4, 0.5) is 0 Å². The number of hydrogen-bond donors (Lipinski definition) is 1. The van der Waals surface area contributed by atoms with Gasteiger partial charge in [0.05, 0.1) is 10.8 Å².